The van der Waals surface area contributed by atoms with Crippen molar-refractivity contribution in [1.29, 1.82) is 0 Å². The van der Waals surface area contributed by atoms with Crippen LogP contribution in [0.3, 0.4) is 0 Å². The van der Waals surface area contributed by atoms with Crippen molar-refractivity contribution >= 4 is 35.0 Å². The Bertz CT molecular complexity index is 1240. The minimum Gasteiger partial charge on any atom is -0.482 e. The zero-order valence-corrected chi connectivity index (χ0v) is 22.2. The van der Waals surface area contributed by atoms with Crippen molar-refractivity contribution in [3.63, 3.8) is 0 Å². The summed E-state index contributed by atoms with van der Waals surface area (Å²) in [6.07, 6.45) is 0.333. The Morgan fingerprint density at radius 3 is 1.97 bits per heavy atom. The van der Waals surface area contributed by atoms with Crippen molar-refractivity contribution in [3.8, 4) is 5.75 Å². The van der Waals surface area contributed by atoms with Crippen LogP contribution in [-0.2, 0) is 29.1 Å². The molecule has 0 heterocycles. The fourth-order valence-electron chi connectivity index (χ4n) is 4.06. The third-order valence-electron chi connectivity index (χ3n) is 6.07. The molecule has 7 heteroatoms. The van der Waals surface area contributed by atoms with Crippen LogP contribution in [0.5, 0.6) is 5.75 Å². The molecule has 0 unspecified atom stereocenters. The number of nitrogens with one attached hydrogen (secondary N) is 1. The molecule has 4 aromatic carbocycles. The average molecular weight is 547 g/mol. The van der Waals surface area contributed by atoms with E-state index in [1.165, 1.54) is 0 Å². The molecule has 1 atom stereocenters. The molecule has 4 rings (SSSR count). The minimum atomic E-state index is -0.789. The SMILES string of the molecule is O=C(NCc1ccccc1Cl)[C@H](Cc1ccccc1)N(Cc1ccccc1)C(=O)COc1ccccc1Cl. The van der Waals surface area contributed by atoms with Crippen LogP contribution in [0.2, 0.25) is 10.0 Å². The Morgan fingerprint density at radius 1 is 0.737 bits per heavy atom. The van der Waals surface area contributed by atoms with Crippen molar-refractivity contribution in [2.75, 3.05) is 6.61 Å². The number of halogens is 2. The molecule has 0 aliphatic heterocycles. The van der Waals surface area contributed by atoms with Crippen LogP contribution in [0, 0.1) is 0 Å². The maximum atomic E-state index is 13.7. The highest BCUT2D eigenvalue weighted by molar-refractivity contribution is 6.32. The topological polar surface area (TPSA) is 58.6 Å². The highest BCUT2D eigenvalue weighted by atomic mass is 35.5. The second-order valence-electron chi connectivity index (χ2n) is 8.74. The smallest absolute Gasteiger partial charge is 0.261 e. The van der Waals surface area contributed by atoms with Gasteiger partial charge in [-0.3, -0.25) is 9.59 Å². The van der Waals surface area contributed by atoms with Gasteiger partial charge in [0.15, 0.2) is 6.61 Å². The Balaban J connectivity index is 1.61. The number of benzene rings is 4. The largest absolute Gasteiger partial charge is 0.482 e. The number of carbonyl (C=O) groups excluding carboxylic acids is 2. The summed E-state index contributed by atoms with van der Waals surface area (Å²) < 4.78 is 5.77. The first kappa shape index (κ1) is 27.2. The van der Waals surface area contributed by atoms with Gasteiger partial charge in [0.2, 0.25) is 5.91 Å². The lowest BCUT2D eigenvalue weighted by atomic mass is 10.0. The molecule has 1 N–H and O–H groups in total. The first-order valence-electron chi connectivity index (χ1n) is 12.3. The van der Waals surface area contributed by atoms with E-state index >= 15 is 0 Å². The molecule has 0 fully saturated rings. The van der Waals surface area contributed by atoms with E-state index in [2.05, 4.69) is 5.32 Å². The summed E-state index contributed by atoms with van der Waals surface area (Å²) in [7, 11) is 0. The summed E-state index contributed by atoms with van der Waals surface area (Å²) in [5.41, 5.74) is 2.63. The molecule has 4 aromatic rings. The lowest BCUT2D eigenvalue weighted by Crippen LogP contribution is -2.51. The minimum absolute atomic E-state index is 0.239. The zero-order valence-electron chi connectivity index (χ0n) is 20.7. The molecule has 0 aliphatic rings. The van der Waals surface area contributed by atoms with Gasteiger partial charge in [0.25, 0.3) is 5.91 Å². The van der Waals surface area contributed by atoms with Gasteiger partial charge >= 0.3 is 0 Å². The molecule has 0 spiro atoms. The van der Waals surface area contributed by atoms with Gasteiger partial charge in [0.05, 0.1) is 5.02 Å². The number of amides is 2. The van der Waals surface area contributed by atoms with Gasteiger partial charge in [-0.2, -0.15) is 0 Å². The number of carbonyl (C=O) groups is 2. The molecule has 0 aromatic heterocycles. The van der Waals surface area contributed by atoms with Crippen LogP contribution >= 0.6 is 23.2 Å². The predicted molar refractivity (Wildman–Crippen MR) is 151 cm³/mol. The summed E-state index contributed by atoms with van der Waals surface area (Å²) >= 11 is 12.5. The first-order chi connectivity index (χ1) is 18.5. The average Bonchev–Trinajstić information content (AvgIpc) is 2.95. The monoisotopic (exact) mass is 546 g/mol. The molecule has 0 saturated carbocycles. The summed E-state index contributed by atoms with van der Waals surface area (Å²) in [5.74, 6) is -0.205. The molecule has 0 radical (unpaired) electrons. The summed E-state index contributed by atoms with van der Waals surface area (Å²) in [6.45, 7) is 0.218. The lowest BCUT2D eigenvalue weighted by Gasteiger charge is -2.31. The lowest BCUT2D eigenvalue weighted by molar-refractivity contribution is -0.142. The molecule has 0 bridgehead atoms. The van der Waals surface area contributed by atoms with Crippen LogP contribution in [0.25, 0.3) is 0 Å². The van der Waals surface area contributed by atoms with Crippen LogP contribution < -0.4 is 10.1 Å². The van der Waals surface area contributed by atoms with E-state index in [-0.39, 0.29) is 31.5 Å². The van der Waals surface area contributed by atoms with Crippen molar-refractivity contribution in [2.45, 2.75) is 25.6 Å². The molecular weight excluding hydrogens is 519 g/mol. The van der Waals surface area contributed by atoms with E-state index in [4.69, 9.17) is 27.9 Å². The third kappa shape index (κ3) is 7.60. The molecule has 2 amide bonds. The highest BCUT2D eigenvalue weighted by Gasteiger charge is 2.30. The number of hydrogen-bond acceptors (Lipinski definition) is 3. The molecule has 0 saturated heterocycles. The zero-order chi connectivity index (χ0) is 26.7. The molecule has 0 aliphatic carbocycles. The Labute approximate surface area is 233 Å². The third-order valence-corrected chi connectivity index (χ3v) is 6.75. The maximum absolute atomic E-state index is 13.7. The van der Waals surface area contributed by atoms with Gasteiger partial charge in [-0.25, -0.2) is 0 Å². The number of para-hydroxylation sites is 1. The van der Waals surface area contributed by atoms with Crippen molar-refractivity contribution < 1.29 is 14.3 Å². The number of hydrogen-bond donors (Lipinski definition) is 1. The van der Waals surface area contributed by atoms with Crippen molar-refractivity contribution in [3.05, 3.63) is 136 Å². The molecule has 5 nitrogen and oxygen atoms in total. The first-order valence-corrected chi connectivity index (χ1v) is 13.0. The van der Waals surface area contributed by atoms with Gasteiger partial charge < -0.3 is 15.0 Å². The standard InChI is InChI=1S/C31H28Cl2N2O3/c32-26-16-8-7-15-25(26)20-34-31(37)28(19-23-11-3-1-4-12-23)35(21-24-13-5-2-6-14-24)30(36)22-38-29-18-10-9-17-27(29)33/h1-18,28H,19-22H2,(H,34,37)/t28-/m0/s1. The van der Waals surface area contributed by atoms with Crippen molar-refractivity contribution in [2.24, 2.45) is 0 Å². The van der Waals surface area contributed by atoms with E-state index in [1.807, 2.05) is 78.9 Å². The Kier molecular flexibility index (Phi) is 9.79. The molecule has 194 valence electrons. The highest BCUT2D eigenvalue weighted by Crippen LogP contribution is 2.24. The second kappa shape index (κ2) is 13.7. The Morgan fingerprint density at radius 2 is 1.32 bits per heavy atom. The van der Waals surface area contributed by atoms with Crippen LogP contribution in [0.4, 0.5) is 0 Å². The predicted octanol–water partition coefficient (Wildman–Crippen LogP) is 6.33. The van der Waals surface area contributed by atoms with Crippen LogP contribution in [-0.4, -0.2) is 29.4 Å². The Hall–Kier alpha value is -3.80. The number of ether oxygens (including phenoxy) is 1. The van der Waals surface area contributed by atoms with E-state index in [0.717, 1.165) is 16.7 Å². The van der Waals surface area contributed by atoms with Crippen LogP contribution in [0.15, 0.2) is 109 Å². The van der Waals surface area contributed by atoms with E-state index in [1.54, 1.807) is 35.2 Å². The maximum Gasteiger partial charge on any atom is 0.261 e. The number of rotatable bonds is 11. The van der Waals surface area contributed by atoms with Gasteiger partial charge in [-0.1, -0.05) is 114 Å². The van der Waals surface area contributed by atoms with Crippen molar-refractivity contribution in [1.82, 2.24) is 10.2 Å². The van der Waals surface area contributed by atoms with E-state index in [9.17, 15) is 9.59 Å². The summed E-state index contributed by atoms with van der Waals surface area (Å²) in [4.78, 5) is 28.9. The molecular formula is C31H28Cl2N2O3. The fraction of sp³-hybridized carbons (Fsp3) is 0.161. The van der Waals surface area contributed by atoms with Crippen LogP contribution in [0.1, 0.15) is 16.7 Å². The second-order valence-corrected chi connectivity index (χ2v) is 9.56. The van der Waals surface area contributed by atoms with E-state index in [0.29, 0.717) is 22.2 Å². The van der Waals surface area contributed by atoms with Gasteiger partial charge in [0, 0.05) is 24.5 Å². The van der Waals surface area contributed by atoms with Gasteiger partial charge in [0.1, 0.15) is 11.8 Å². The molecule has 38 heavy (non-hydrogen) atoms. The van der Waals surface area contributed by atoms with Gasteiger partial charge in [-0.15, -0.1) is 0 Å². The number of nitrogens with zero attached hydrogens (tertiary/aromatic N) is 1. The summed E-state index contributed by atoms with van der Waals surface area (Å²) in [5, 5.41) is 3.96. The van der Waals surface area contributed by atoms with Gasteiger partial charge in [-0.05, 0) is 34.9 Å². The normalized spacial score (nSPS) is 11.4. The summed E-state index contributed by atoms with van der Waals surface area (Å²) in [6, 6.07) is 32.7. The van der Waals surface area contributed by atoms with E-state index < -0.39 is 6.04 Å². The quantitative estimate of drug-likeness (QED) is 0.239. The fourth-order valence-corrected chi connectivity index (χ4v) is 4.45.